The lowest BCUT2D eigenvalue weighted by atomic mass is 9.95. The molecule has 6 nitrogen and oxygen atoms in total. The highest BCUT2D eigenvalue weighted by Gasteiger charge is 2.33. The summed E-state index contributed by atoms with van der Waals surface area (Å²) >= 11 is 0. The first kappa shape index (κ1) is 16.7. The summed E-state index contributed by atoms with van der Waals surface area (Å²) in [6.45, 7) is 2.14. The van der Waals surface area contributed by atoms with Gasteiger partial charge in [0.2, 0.25) is 5.91 Å². The van der Waals surface area contributed by atoms with Gasteiger partial charge < -0.3 is 20.3 Å². The number of hydrogen-bond acceptors (Lipinski definition) is 4. The summed E-state index contributed by atoms with van der Waals surface area (Å²) in [5.74, 6) is 0.924. The van der Waals surface area contributed by atoms with E-state index in [1.165, 1.54) is 0 Å². The van der Waals surface area contributed by atoms with E-state index in [1.807, 2.05) is 42.1 Å². The highest BCUT2D eigenvalue weighted by atomic mass is 16.3. The molecule has 1 aromatic heterocycles. The van der Waals surface area contributed by atoms with Gasteiger partial charge in [-0.15, -0.1) is 0 Å². The molecule has 1 unspecified atom stereocenters. The standard InChI is InChI=1S/C18H24N4O2/c1-12(14-5-3-4-13(10-14)11-23)20-15-6-7-16(24)21-17(15)18-19-8-9-22(18)2/h3-5,8-10,12,15,17,20,23H,6-7,11H2,1-2H3,(H,21,24)/t12?,15-,17-/m1/s1. The van der Waals surface area contributed by atoms with Crippen molar-refractivity contribution >= 4 is 5.91 Å². The largest absolute Gasteiger partial charge is 0.392 e. The van der Waals surface area contributed by atoms with Gasteiger partial charge in [0.1, 0.15) is 11.9 Å². The zero-order chi connectivity index (χ0) is 17.1. The second kappa shape index (κ2) is 7.15. The number of aliphatic hydroxyl groups excluding tert-OH is 1. The number of aliphatic hydroxyl groups is 1. The minimum Gasteiger partial charge on any atom is -0.392 e. The SMILES string of the molecule is CC(N[C@@H]1CCC(=O)N[C@H]1c1nccn1C)c1cccc(CO)c1. The van der Waals surface area contributed by atoms with Gasteiger partial charge in [-0.3, -0.25) is 4.79 Å². The van der Waals surface area contributed by atoms with Crippen molar-refractivity contribution < 1.29 is 9.90 Å². The molecule has 1 amide bonds. The highest BCUT2D eigenvalue weighted by molar-refractivity contribution is 5.77. The Balaban J connectivity index is 1.78. The average molecular weight is 328 g/mol. The van der Waals surface area contributed by atoms with Crippen LogP contribution in [-0.2, 0) is 18.4 Å². The Morgan fingerprint density at radius 2 is 2.33 bits per heavy atom. The van der Waals surface area contributed by atoms with E-state index in [1.54, 1.807) is 6.20 Å². The molecule has 128 valence electrons. The number of rotatable bonds is 5. The maximum atomic E-state index is 11.9. The van der Waals surface area contributed by atoms with Crippen LogP contribution in [0, 0.1) is 0 Å². The van der Waals surface area contributed by atoms with E-state index in [4.69, 9.17) is 0 Å². The fourth-order valence-electron chi connectivity index (χ4n) is 3.28. The van der Waals surface area contributed by atoms with E-state index in [2.05, 4.69) is 22.5 Å². The van der Waals surface area contributed by atoms with Crippen molar-refractivity contribution in [2.24, 2.45) is 7.05 Å². The van der Waals surface area contributed by atoms with Crippen LogP contribution < -0.4 is 10.6 Å². The molecule has 2 aromatic rings. The Morgan fingerprint density at radius 3 is 3.04 bits per heavy atom. The van der Waals surface area contributed by atoms with Gasteiger partial charge in [0.25, 0.3) is 0 Å². The van der Waals surface area contributed by atoms with Gasteiger partial charge in [0.05, 0.1) is 6.61 Å². The Hall–Kier alpha value is -2.18. The molecule has 3 atom stereocenters. The van der Waals surface area contributed by atoms with Crippen molar-refractivity contribution in [3.63, 3.8) is 0 Å². The normalized spacial score (nSPS) is 22.2. The van der Waals surface area contributed by atoms with Crippen LogP contribution in [0.5, 0.6) is 0 Å². The van der Waals surface area contributed by atoms with Crippen LogP contribution in [0.1, 0.15) is 48.8 Å². The van der Waals surface area contributed by atoms with Crippen LogP contribution in [0.3, 0.4) is 0 Å². The second-order valence-corrected chi connectivity index (χ2v) is 6.38. The molecule has 3 N–H and O–H groups in total. The van der Waals surface area contributed by atoms with Crippen LogP contribution in [0.2, 0.25) is 0 Å². The Bertz CT molecular complexity index is 713. The highest BCUT2D eigenvalue weighted by Crippen LogP contribution is 2.26. The molecule has 0 radical (unpaired) electrons. The number of aromatic nitrogens is 2. The molecule has 1 saturated heterocycles. The molecule has 1 aromatic carbocycles. The molecule has 1 aliphatic heterocycles. The second-order valence-electron chi connectivity index (χ2n) is 6.38. The van der Waals surface area contributed by atoms with Gasteiger partial charge in [-0.1, -0.05) is 24.3 Å². The number of carbonyl (C=O) groups is 1. The summed E-state index contributed by atoms with van der Waals surface area (Å²) in [5.41, 5.74) is 2.02. The smallest absolute Gasteiger partial charge is 0.220 e. The number of amides is 1. The Kier molecular flexibility index (Phi) is 4.97. The number of aryl methyl sites for hydroxylation is 1. The maximum Gasteiger partial charge on any atom is 0.220 e. The van der Waals surface area contributed by atoms with Crippen molar-refractivity contribution in [2.75, 3.05) is 0 Å². The third-order valence-corrected chi connectivity index (χ3v) is 4.64. The monoisotopic (exact) mass is 328 g/mol. The lowest BCUT2D eigenvalue weighted by Gasteiger charge is -2.34. The first-order chi connectivity index (χ1) is 11.6. The van der Waals surface area contributed by atoms with Crippen molar-refractivity contribution in [1.29, 1.82) is 0 Å². The van der Waals surface area contributed by atoms with Crippen molar-refractivity contribution in [3.8, 4) is 0 Å². The lowest BCUT2D eigenvalue weighted by molar-refractivity contribution is -0.124. The summed E-state index contributed by atoms with van der Waals surface area (Å²) in [6.07, 6.45) is 4.93. The van der Waals surface area contributed by atoms with Crippen LogP contribution in [0.15, 0.2) is 36.7 Å². The Labute approximate surface area is 141 Å². The fourth-order valence-corrected chi connectivity index (χ4v) is 3.28. The van der Waals surface area contributed by atoms with Gasteiger partial charge in [-0.25, -0.2) is 4.98 Å². The number of nitrogens with one attached hydrogen (secondary N) is 2. The van der Waals surface area contributed by atoms with Gasteiger partial charge in [-0.05, 0) is 24.5 Å². The summed E-state index contributed by atoms with van der Waals surface area (Å²) in [4.78, 5) is 16.3. The molecule has 1 fully saturated rings. The van der Waals surface area contributed by atoms with Crippen LogP contribution in [-0.4, -0.2) is 26.6 Å². The molecule has 0 bridgehead atoms. The molecule has 3 rings (SSSR count). The molecule has 1 aliphatic rings. The molecule has 0 spiro atoms. The molecule has 2 heterocycles. The number of benzene rings is 1. The number of hydrogen-bond donors (Lipinski definition) is 3. The van der Waals surface area contributed by atoms with Crippen LogP contribution >= 0.6 is 0 Å². The summed E-state index contributed by atoms with van der Waals surface area (Å²) in [7, 11) is 1.94. The average Bonchev–Trinajstić information content (AvgIpc) is 3.02. The van der Waals surface area contributed by atoms with E-state index in [-0.39, 0.29) is 30.6 Å². The molecule has 0 aliphatic carbocycles. The predicted molar refractivity (Wildman–Crippen MR) is 91.0 cm³/mol. The third kappa shape index (κ3) is 3.49. The number of carbonyl (C=O) groups excluding carboxylic acids is 1. The van der Waals surface area contributed by atoms with E-state index in [0.29, 0.717) is 6.42 Å². The number of nitrogens with zero attached hydrogens (tertiary/aromatic N) is 2. The number of piperidine rings is 1. The van der Waals surface area contributed by atoms with Crippen molar-refractivity contribution in [1.82, 2.24) is 20.2 Å². The molecule has 6 heteroatoms. The Morgan fingerprint density at radius 1 is 1.50 bits per heavy atom. The first-order valence-electron chi connectivity index (χ1n) is 8.31. The van der Waals surface area contributed by atoms with Crippen molar-refractivity contribution in [2.45, 2.75) is 44.5 Å². The van der Waals surface area contributed by atoms with E-state index in [9.17, 15) is 9.90 Å². The van der Waals surface area contributed by atoms with E-state index in [0.717, 1.165) is 23.4 Å². The zero-order valence-corrected chi connectivity index (χ0v) is 14.1. The maximum absolute atomic E-state index is 11.9. The van der Waals surface area contributed by atoms with Crippen LogP contribution in [0.4, 0.5) is 0 Å². The van der Waals surface area contributed by atoms with Crippen LogP contribution in [0.25, 0.3) is 0 Å². The minimum absolute atomic E-state index is 0.0376. The van der Waals surface area contributed by atoms with E-state index >= 15 is 0 Å². The topological polar surface area (TPSA) is 79.2 Å². The van der Waals surface area contributed by atoms with Gasteiger partial charge in [0.15, 0.2) is 0 Å². The van der Waals surface area contributed by atoms with Crippen molar-refractivity contribution in [3.05, 3.63) is 53.6 Å². The fraction of sp³-hybridized carbons (Fsp3) is 0.444. The first-order valence-corrected chi connectivity index (χ1v) is 8.31. The molecule has 0 saturated carbocycles. The summed E-state index contributed by atoms with van der Waals surface area (Å²) in [5, 5.41) is 16.0. The molecule has 24 heavy (non-hydrogen) atoms. The predicted octanol–water partition coefficient (Wildman–Crippen LogP) is 1.58. The van der Waals surface area contributed by atoms with E-state index < -0.39 is 0 Å². The zero-order valence-electron chi connectivity index (χ0n) is 14.1. The van der Waals surface area contributed by atoms with Gasteiger partial charge >= 0.3 is 0 Å². The summed E-state index contributed by atoms with van der Waals surface area (Å²) < 4.78 is 1.95. The minimum atomic E-state index is -0.144. The molecular formula is C18H24N4O2. The molecular weight excluding hydrogens is 304 g/mol. The van der Waals surface area contributed by atoms with Gasteiger partial charge in [-0.2, -0.15) is 0 Å². The third-order valence-electron chi connectivity index (χ3n) is 4.64. The lowest BCUT2D eigenvalue weighted by Crippen LogP contribution is -2.49. The van der Waals surface area contributed by atoms with Gasteiger partial charge in [0, 0.05) is 37.9 Å². The quantitative estimate of drug-likeness (QED) is 0.779. The summed E-state index contributed by atoms with van der Waals surface area (Å²) in [6, 6.07) is 8.00. The number of imidazole rings is 1.